The molecule has 1 N–H and O–H groups in total. The maximum absolute atomic E-state index is 5.09. The molecule has 0 bridgehead atoms. The minimum Gasteiger partial charge on any atom is -0.383 e. The summed E-state index contributed by atoms with van der Waals surface area (Å²) in [5.41, 5.74) is 2.28. The monoisotopic (exact) mass is 302 g/mol. The molecule has 2 aromatic rings. The van der Waals surface area contributed by atoms with Gasteiger partial charge in [0, 0.05) is 38.0 Å². The average Bonchev–Trinajstić information content (AvgIpc) is 2.85. The van der Waals surface area contributed by atoms with Crippen molar-refractivity contribution in [2.24, 2.45) is 0 Å². The van der Waals surface area contributed by atoms with Crippen LogP contribution in [0.2, 0.25) is 0 Å². The topological polar surface area (TPSA) is 68.1 Å². The lowest BCUT2D eigenvalue weighted by Gasteiger charge is -2.22. The number of anilines is 1. The van der Waals surface area contributed by atoms with Crippen LogP contribution >= 0.6 is 0 Å². The average molecular weight is 302 g/mol. The van der Waals surface area contributed by atoms with Gasteiger partial charge in [0.25, 0.3) is 0 Å². The molecule has 2 heterocycles. The molecule has 0 atom stereocenters. The van der Waals surface area contributed by atoms with Gasteiger partial charge in [0.15, 0.2) is 5.82 Å². The Bertz CT molecular complexity index is 574. The van der Waals surface area contributed by atoms with Gasteiger partial charge < -0.3 is 15.0 Å². The minimum atomic E-state index is 0.594. The van der Waals surface area contributed by atoms with Gasteiger partial charge >= 0.3 is 0 Å². The molecule has 1 aliphatic heterocycles. The fraction of sp³-hybridized carbons (Fsp3) is 0.533. The number of aromatic nitrogens is 4. The van der Waals surface area contributed by atoms with Gasteiger partial charge in [-0.15, -0.1) is 5.10 Å². The molecular weight excluding hydrogens is 280 g/mol. The number of rotatable bonds is 5. The van der Waals surface area contributed by atoms with Crippen molar-refractivity contribution in [3.63, 3.8) is 0 Å². The Labute approximate surface area is 130 Å². The molecular formula is C15H22N6O. The van der Waals surface area contributed by atoms with Crippen molar-refractivity contribution in [2.75, 3.05) is 44.8 Å². The smallest absolute Gasteiger partial charge is 0.182 e. The third kappa shape index (κ3) is 3.42. The van der Waals surface area contributed by atoms with E-state index in [1.54, 1.807) is 11.8 Å². The first kappa shape index (κ1) is 14.9. The lowest BCUT2D eigenvalue weighted by atomic mass is 10.1. The third-order valence-electron chi connectivity index (χ3n) is 3.87. The number of hydrogen-bond acceptors (Lipinski definition) is 6. The highest BCUT2D eigenvalue weighted by Crippen LogP contribution is 2.21. The molecule has 3 rings (SSSR count). The summed E-state index contributed by atoms with van der Waals surface area (Å²) in [6.45, 7) is 5.53. The predicted molar refractivity (Wildman–Crippen MR) is 84.8 cm³/mol. The summed E-state index contributed by atoms with van der Waals surface area (Å²) in [7, 11) is 1.68. The van der Waals surface area contributed by atoms with Crippen LogP contribution in [0.15, 0.2) is 24.3 Å². The lowest BCUT2D eigenvalue weighted by molar-refractivity contribution is 0.183. The molecule has 1 aromatic heterocycles. The second-order valence-corrected chi connectivity index (χ2v) is 5.36. The third-order valence-corrected chi connectivity index (χ3v) is 3.87. The van der Waals surface area contributed by atoms with E-state index in [-0.39, 0.29) is 0 Å². The Morgan fingerprint density at radius 1 is 1.18 bits per heavy atom. The second kappa shape index (κ2) is 7.33. The van der Waals surface area contributed by atoms with Gasteiger partial charge in [0.1, 0.15) is 0 Å². The number of methoxy groups -OCH3 is 1. The van der Waals surface area contributed by atoms with Crippen LogP contribution < -0.4 is 10.2 Å². The van der Waals surface area contributed by atoms with Crippen LogP contribution in [-0.2, 0) is 11.3 Å². The number of tetrazole rings is 1. The van der Waals surface area contributed by atoms with E-state index in [1.165, 1.54) is 12.1 Å². The molecule has 7 nitrogen and oxygen atoms in total. The molecule has 0 radical (unpaired) electrons. The van der Waals surface area contributed by atoms with Crippen molar-refractivity contribution in [2.45, 2.75) is 13.0 Å². The van der Waals surface area contributed by atoms with E-state index in [0.717, 1.165) is 37.6 Å². The summed E-state index contributed by atoms with van der Waals surface area (Å²) < 4.78 is 6.86. The maximum atomic E-state index is 5.09. The van der Waals surface area contributed by atoms with Gasteiger partial charge in [0.05, 0.1) is 13.2 Å². The molecule has 1 fully saturated rings. The zero-order valence-corrected chi connectivity index (χ0v) is 12.9. The molecule has 0 unspecified atom stereocenters. The molecule has 0 amide bonds. The number of benzene rings is 1. The van der Waals surface area contributed by atoms with E-state index >= 15 is 0 Å². The van der Waals surface area contributed by atoms with Gasteiger partial charge in [0.2, 0.25) is 0 Å². The normalized spacial score (nSPS) is 15.8. The van der Waals surface area contributed by atoms with E-state index in [4.69, 9.17) is 4.74 Å². The van der Waals surface area contributed by atoms with Crippen LogP contribution in [0.3, 0.4) is 0 Å². The van der Waals surface area contributed by atoms with Crippen molar-refractivity contribution < 1.29 is 4.74 Å². The van der Waals surface area contributed by atoms with Crippen LogP contribution in [0, 0.1) is 0 Å². The summed E-state index contributed by atoms with van der Waals surface area (Å²) >= 11 is 0. The SMILES string of the molecule is COCCn1nnnc1-c1ccc(N2CCCNCC2)cc1. The summed E-state index contributed by atoms with van der Waals surface area (Å²) in [5, 5.41) is 15.3. The van der Waals surface area contributed by atoms with Gasteiger partial charge in [-0.25, -0.2) is 4.68 Å². The number of nitrogens with one attached hydrogen (secondary N) is 1. The fourth-order valence-electron chi connectivity index (χ4n) is 2.67. The Kier molecular flexibility index (Phi) is 4.97. The van der Waals surface area contributed by atoms with Crippen molar-refractivity contribution >= 4 is 5.69 Å². The first-order valence-corrected chi connectivity index (χ1v) is 7.69. The number of hydrogen-bond donors (Lipinski definition) is 1. The van der Waals surface area contributed by atoms with E-state index in [0.29, 0.717) is 13.2 Å². The Hall–Kier alpha value is -1.99. The van der Waals surface area contributed by atoms with Gasteiger partial charge in [-0.3, -0.25) is 0 Å². The quantitative estimate of drug-likeness (QED) is 0.880. The number of ether oxygens (including phenoxy) is 1. The first-order chi connectivity index (χ1) is 10.9. The summed E-state index contributed by atoms with van der Waals surface area (Å²) in [6, 6.07) is 8.47. The highest BCUT2D eigenvalue weighted by Gasteiger charge is 2.12. The van der Waals surface area contributed by atoms with Crippen LogP contribution in [0.4, 0.5) is 5.69 Å². The molecule has 0 saturated carbocycles. The number of nitrogens with zero attached hydrogens (tertiary/aromatic N) is 5. The minimum absolute atomic E-state index is 0.594. The largest absolute Gasteiger partial charge is 0.383 e. The molecule has 7 heteroatoms. The highest BCUT2D eigenvalue weighted by atomic mass is 16.5. The Balaban J connectivity index is 1.75. The summed E-state index contributed by atoms with van der Waals surface area (Å²) in [6.07, 6.45) is 1.18. The van der Waals surface area contributed by atoms with E-state index in [9.17, 15) is 0 Å². The molecule has 1 saturated heterocycles. The van der Waals surface area contributed by atoms with E-state index in [2.05, 4.69) is 50.0 Å². The van der Waals surface area contributed by atoms with Crippen molar-refractivity contribution in [3.05, 3.63) is 24.3 Å². The standard InChI is InChI=1S/C15H22N6O/c1-22-12-11-21-15(17-18-19-21)13-3-5-14(6-4-13)20-9-2-7-16-8-10-20/h3-6,16H,2,7-12H2,1H3. The first-order valence-electron chi connectivity index (χ1n) is 7.69. The summed E-state index contributed by atoms with van der Waals surface area (Å²) in [4.78, 5) is 2.41. The predicted octanol–water partition coefficient (Wildman–Crippen LogP) is 0.786. The lowest BCUT2D eigenvalue weighted by Crippen LogP contribution is -2.27. The zero-order chi connectivity index (χ0) is 15.2. The molecule has 1 aliphatic rings. The van der Waals surface area contributed by atoms with Crippen LogP contribution in [0.5, 0.6) is 0 Å². The Morgan fingerprint density at radius 2 is 2.05 bits per heavy atom. The molecule has 0 aliphatic carbocycles. The molecule has 1 aromatic carbocycles. The second-order valence-electron chi connectivity index (χ2n) is 5.36. The van der Waals surface area contributed by atoms with Crippen LogP contribution in [0.1, 0.15) is 6.42 Å². The van der Waals surface area contributed by atoms with Gasteiger partial charge in [-0.1, -0.05) is 0 Å². The van der Waals surface area contributed by atoms with Crippen LogP contribution in [-0.4, -0.2) is 60.1 Å². The summed E-state index contributed by atoms with van der Waals surface area (Å²) in [5.74, 6) is 0.779. The maximum Gasteiger partial charge on any atom is 0.182 e. The molecule has 118 valence electrons. The van der Waals surface area contributed by atoms with Crippen molar-refractivity contribution in [1.82, 2.24) is 25.5 Å². The van der Waals surface area contributed by atoms with Crippen molar-refractivity contribution in [1.29, 1.82) is 0 Å². The Morgan fingerprint density at radius 3 is 2.86 bits per heavy atom. The zero-order valence-electron chi connectivity index (χ0n) is 12.9. The van der Waals surface area contributed by atoms with Crippen LogP contribution in [0.25, 0.3) is 11.4 Å². The van der Waals surface area contributed by atoms with E-state index in [1.807, 2.05) is 0 Å². The van der Waals surface area contributed by atoms with Crippen molar-refractivity contribution in [3.8, 4) is 11.4 Å². The fourth-order valence-corrected chi connectivity index (χ4v) is 2.67. The molecule has 0 spiro atoms. The molecule has 22 heavy (non-hydrogen) atoms. The van der Waals surface area contributed by atoms with Gasteiger partial charge in [-0.2, -0.15) is 0 Å². The highest BCUT2D eigenvalue weighted by molar-refractivity contribution is 5.60. The van der Waals surface area contributed by atoms with Gasteiger partial charge in [-0.05, 0) is 47.7 Å². The van der Waals surface area contributed by atoms with E-state index < -0.39 is 0 Å².